The summed E-state index contributed by atoms with van der Waals surface area (Å²) >= 11 is 3.30. The lowest BCUT2D eigenvalue weighted by atomic mass is 10.2. The van der Waals surface area contributed by atoms with Crippen LogP contribution in [0.3, 0.4) is 0 Å². The molecule has 1 heterocycles. The van der Waals surface area contributed by atoms with Gasteiger partial charge < -0.3 is 5.32 Å². The molecule has 0 radical (unpaired) electrons. The van der Waals surface area contributed by atoms with Gasteiger partial charge in [0.05, 0.1) is 22.2 Å². The zero-order valence-electron chi connectivity index (χ0n) is 12.7. The van der Waals surface area contributed by atoms with E-state index < -0.39 is 16.4 Å². The van der Waals surface area contributed by atoms with Crippen molar-refractivity contribution in [2.24, 2.45) is 0 Å². The average molecular weight is 403 g/mol. The second kappa shape index (κ2) is 6.81. The van der Waals surface area contributed by atoms with Crippen molar-refractivity contribution in [1.29, 1.82) is 0 Å². The number of carbonyl (C=O) groups is 1. The van der Waals surface area contributed by atoms with Gasteiger partial charge in [0.15, 0.2) is 0 Å². The molecule has 0 aliphatic carbocycles. The number of non-ortho nitro benzene ring substituents is 1. The van der Waals surface area contributed by atoms with E-state index in [1.54, 1.807) is 24.3 Å². The van der Waals surface area contributed by atoms with Crippen molar-refractivity contribution in [3.63, 3.8) is 0 Å². The first-order valence-corrected chi connectivity index (χ1v) is 7.92. The molecule has 0 atom stereocenters. The maximum Gasteiger partial charge on any atom is 0.270 e. The Morgan fingerprint density at radius 2 is 1.96 bits per heavy atom. The van der Waals surface area contributed by atoms with Gasteiger partial charge in [0.2, 0.25) is 5.91 Å². The van der Waals surface area contributed by atoms with Gasteiger partial charge in [-0.2, -0.15) is 0 Å². The number of nitro benzene ring substituents is 1. The van der Waals surface area contributed by atoms with E-state index in [0.29, 0.717) is 11.2 Å². The van der Waals surface area contributed by atoms with E-state index in [0.717, 1.165) is 15.1 Å². The van der Waals surface area contributed by atoms with Gasteiger partial charge in [0, 0.05) is 22.3 Å². The number of hydrogen-bond donors (Lipinski definition) is 1. The summed E-state index contributed by atoms with van der Waals surface area (Å²) in [5.41, 5.74) is 0.203. The molecule has 2 aromatic carbocycles. The molecule has 0 saturated carbocycles. The molecule has 0 aliphatic rings. The second-order valence-corrected chi connectivity index (χ2v) is 6.11. The Morgan fingerprint density at radius 1 is 1.24 bits per heavy atom. The molecule has 0 bridgehead atoms. The van der Waals surface area contributed by atoms with Gasteiger partial charge in [-0.1, -0.05) is 15.9 Å². The third-order valence-electron chi connectivity index (χ3n) is 3.46. The highest BCUT2D eigenvalue weighted by molar-refractivity contribution is 9.10. The third-order valence-corrected chi connectivity index (χ3v) is 3.99. The molecule has 0 spiro atoms. The zero-order chi connectivity index (χ0) is 18.0. The molecule has 1 N–H and O–H groups in total. The van der Waals surface area contributed by atoms with Crippen LogP contribution in [0.2, 0.25) is 0 Å². The van der Waals surface area contributed by atoms with E-state index >= 15 is 0 Å². The molecule has 1 aromatic heterocycles. The van der Waals surface area contributed by atoms with Crippen molar-refractivity contribution in [3.8, 4) is 0 Å². The number of benzene rings is 2. The molecule has 0 saturated heterocycles. The standard InChI is InChI=1S/C16H11BrN4O4/c17-10-1-3-11(4-2-10)19-15(22)8-20-9-18-14-6-5-12(21(24)25)7-13(14)16(20)23/h1-7,9H,8H2,(H,19,22). The zero-order valence-corrected chi connectivity index (χ0v) is 14.3. The predicted octanol–water partition coefficient (Wildman–Crippen LogP) is 2.71. The highest BCUT2D eigenvalue weighted by atomic mass is 79.9. The van der Waals surface area contributed by atoms with Crippen LogP contribution in [0.15, 0.2) is 58.1 Å². The molecule has 1 amide bonds. The molecule has 0 aliphatic heterocycles. The van der Waals surface area contributed by atoms with Gasteiger partial charge in [-0.15, -0.1) is 0 Å². The summed E-state index contributed by atoms with van der Waals surface area (Å²) in [4.78, 5) is 38.9. The maximum atomic E-state index is 12.5. The maximum absolute atomic E-state index is 12.5. The van der Waals surface area contributed by atoms with Crippen molar-refractivity contribution < 1.29 is 9.72 Å². The Kier molecular flexibility index (Phi) is 4.57. The van der Waals surface area contributed by atoms with E-state index in [9.17, 15) is 19.7 Å². The molecule has 0 unspecified atom stereocenters. The van der Waals surface area contributed by atoms with Crippen molar-refractivity contribution in [3.05, 3.63) is 73.7 Å². The summed E-state index contributed by atoms with van der Waals surface area (Å²) in [5, 5.41) is 13.6. The normalized spacial score (nSPS) is 10.6. The van der Waals surface area contributed by atoms with Gasteiger partial charge in [-0.25, -0.2) is 4.98 Å². The number of aromatic nitrogens is 2. The van der Waals surface area contributed by atoms with E-state index in [1.807, 2.05) is 0 Å². The summed E-state index contributed by atoms with van der Waals surface area (Å²) in [5.74, 6) is -0.406. The lowest BCUT2D eigenvalue weighted by Crippen LogP contribution is -2.27. The van der Waals surface area contributed by atoms with Crippen LogP contribution in [0.25, 0.3) is 10.9 Å². The minimum atomic E-state index is -0.587. The number of anilines is 1. The molecule has 0 fully saturated rings. The average Bonchev–Trinajstić information content (AvgIpc) is 2.59. The summed E-state index contributed by atoms with van der Waals surface area (Å²) in [6.07, 6.45) is 1.25. The van der Waals surface area contributed by atoms with Crippen LogP contribution in [0.4, 0.5) is 11.4 Å². The van der Waals surface area contributed by atoms with E-state index in [4.69, 9.17) is 0 Å². The van der Waals surface area contributed by atoms with Crippen molar-refractivity contribution in [1.82, 2.24) is 9.55 Å². The highest BCUT2D eigenvalue weighted by Crippen LogP contribution is 2.16. The molecule has 3 rings (SSSR count). The number of halogens is 1. The first-order valence-electron chi connectivity index (χ1n) is 7.13. The van der Waals surface area contributed by atoms with Crippen LogP contribution in [0, 0.1) is 10.1 Å². The molecular formula is C16H11BrN4O4. The molecule has 9 heteroatoms. The summed E-state index contributed by atoms with van der Waals surface area (Å²) in [6, 6.07) is 10.8. The Balaban J connectivity index is 1.86. The number of hydrogen-bond acceptors (Lipinski definition) is 5. The van der Waals surface area contributed by atoms with Crippen LogP contribution in [-0.4, -0.2) is 20.4 Å². The molecule has 8 nitrogen and oxygen atoms in total. The van der Waals surface area contributed by atoms with Crippen LogP contribution >= 0.6 is 15.9 Å². The highest BCUT2D eigenvalue weighted by Gasteiger charge is 2.12. The number of carbonyl (C=O) groups excluding carboxylic acids is 1. The van der Waals surface area contributed by atoms with Crippen molar-refractivity contribution in [2.75, 3.05) is 5.32 Å². The summed E-state index contributed by atoms with van der Waals surface area (Å²) in [6.45, 7) is -0.249. The quantitative estimate of drug-likeness (QED) is 0.533. The SMILES string of the molecule is O=C(Cn1cnc2ccc([N+](=O)[O-])cc2c1=O)Nc1ccc(Br)cc1. The van der Waals surface area contributed by atoms with Gasteiger partial charge >= 0.3 is 0 Å². The smallest absolute Gasteiger partial charge is 0.270 e. The first kappa shape index (κ1) is 16.8. The number of nitrogens with zero attached hydrogens (tertiary/aromatic N) is 3. The van der Waals surface area contributed by atoms with Crippen LogP contribution < -0.4 is 10.9 Å². The van der Waals surface area contributed by atoms with Crippen LogP contribution in [0.5, 0.6) is 0 Å². The fraction of sp³-hybridized carbons (Fsp3) is 0.0625. The lowest BCUT2D eigenvalue weighted by Gasteiger charge is -2.08. The first-order chi connectivity index (χ1) is 11.9. The van der Waals surface area contributed by atoms with E-state index in [2.05, 4.69) is 26.2 Å². The Bertz CT molecular complexity index is 1030. The van der Waals surface area contributed by atoms with Crippen LogP contribution in [-0.2, 0) is 11.3 Å². The lowest BCUT2D eigenvalue weighted by molar-refractivity contribution is -0.384. The fourth-order valence-corrected chi connectivity index (χ4v) is 2.53. The van der Waals surface area contributed by atoms with Gasteiger partial charge in [0.25, 0.3) is 11.2 Å². The number of nitrogens with one attached hydrogen (secondary N) is 1. The topological polar surface area (TPSA) is 107 Å². The van der Waals surface area contributed by atoms with Gasteiger partial charge in [-0.05, 0) is 30.3 Å². The van der Waals surface area contributed by atoms with Gasteiger partial charge in [0.1, 0.15) is 6.54 Å². The molecule has 25 heavy (non-hydrogen) atoms. The van der Waals surface area contributed by atoms with Crippen LogP contribution in [0.1, 0.15) is 0 Å². The number of fused-ring (bicyclic) bond motifs is 1. The van der Waals surface area contributed by atoms with E-state index in [-0.39, 0.29) is 17.6 Å². The van der Waals surface area contributed by atoms with Crippen molar-refractivity contribution in [2.45, 2.75) is 6.54 Å². The predicted molar refractivity (Wildman–Crippen MR) is 95.4 cm³/mol. The molecule has 3 aromatic rings. The minimum absolute atomic E-state index is 0.0909. The summed E-state index contributed by atoms with van der Waals surface area (Å²) < 4.78 is 1.99. The Labute approximate surface area is 149 Å². The van der Waals surface area contributed by atoms with Crippen molar-refractivity contribution >= 4 is 44.1 Å². The second-order valence-electron chi connectivity index (χ2n) is 5.19. The number of nitro groups is 1. The monoisotopic (exact) mass is 402 g/mol. The minimum Gasteiger partial charge on any atom is -0.325 e. The third kappa shape index (κ3) is 3.72. The van der Waals surface area contributed by atoms with E-state index in [1.165, 1.54) is 18.5 Å². The Hall–Kier alpha value is -3.07. The largest absolute Gasteiger partial charge is 0.325 e. The number of rotatable bonds is 4. The van der Waals surface area contributed by atoms with Gasteiger partial charge in [-0.3, -0.25) is 24.3 Å². The number of amides is 1. The molecule has 126 valence electrons. The summed E-state index contributed by atoms with van der Waals surface area (Å²) in [7, 11) is 0. The Morgan fingerprint density at radius 3 is 2.64 bits per heavy atom. The fourth-order valence-electron chi connectivity index (χ4n) is 2.26. The molecular weight excluding hydrogens is 392 g/mol.